The van der Waals surface area contributed by atoms with Crippen LogP contribution in [0.15, 0.2) is 64.0 Å². The number of sulfone groups is 1. The van der Waals surface area contributed by atoms with Crippen molar-refractivity contribution in [2.75, 3.05) is 11.6 Å². The van der Waals surface area contributed by atoms with Gasteiger partial charge in [-0.3, -0.25) is 0 Å². The van der Waals surface area contributed by atoms with Crippen LogP contribution in [-0.2, 0) is 9.84 Å². The molecule has 1 atom stereocenters. The van der Waals surface area contributed by atoms with E-state index in [4.69, 9.17) is 0 Å². The van der Waals surface area contributed by atoms with Gasteiger partial charge in [0.15, 0.2) is 9.84 Å². The Hall–Kier alpha value is -1.92. The first kappa shape index (κ1) is 16.9. The summed E-state index contributed by atoms with van der Waals surface area (Å²) >= 11 is 3.52. The highest BCUT2D eigenvalue weighted by molar-refractivity contribution is 9.10. The maximum atomic E-state index is 11.5. The Morgan fingerprint density at radius 3 is 2.42 bits per heavy atom. The second kappa shape index (κ2) is 6.53. The van der Waals surface area contributed by atoms with Crippen molar-refractivity contribution in [2.45, 2.75) is 17.9 Å². The molecule has 1 unspecified atom stereocenters. The molecule has 0 aliphatic heterocycles. The van der Waals surface area contributed by atoms with Gasteiger partial charge < -0.3 is 5.32 Å². The lowest BCUT2D eigenvalue weighted by Gasteiger charge is -2.16. The first-order valence-corrected chi connectivity index (χ1v) is 10.1. The third-order valence-electron chi connectivity index (χ3n) is 3.84. The van der Waals surface area contributed by atoms with E-state index < -0.39 is 9.84 Å². The highest BCUT2D eigenvalue weighted by Gasteiger charge is 2.10. The Balaban J connectivity index is 1.84. The second-order valence-electron chi connectivity index (χ2n) is 5.72. The molecule has 2 aromatic carbocycles. The molecule has 24 heavy (non-hydrogen) atoms. The van der Waals surface area contributed by atoms with Gasteiger partial charge in [-0.15, -0.1) is 0 Å². The van der Waals surface area contributed by atoms with E-state index in [1.54, 1.807) is 12.1 Å². The third kappa shape index (κ3) is 3.60. The fraction of sp³-hybridized carbons (Fsp3) is 0.167. The number of hydrogen-bond acceptors (Lipinski definition) is 4. The lowest BCUT2D eigenvalue weighted by atomic mass is 10.1. The number of rotatable bonds is 4. The molecule has 1 N–H and O–H groups in total. The number of halogens is 1. The molecule has 3 rings (SSSR count). The van der Waals surface area contributed by atoms with E-state index in [1.807, 2.05) is 49.4 Å². The molecule has 0 saturated carbocycles. The minimum absolute atomic E-state index is 0.00560. The minimum atomic E-state index is -3.17. The number of benzene rings is 2. The molecule has 0 amide bonds. The number of para-hydroxylation sites is 1. The molecule has 0 spiro atoms. The molecule has 0 fully saturated rings. The van der Waals surface area contributed by atoms with E-state index in [-0.39, 0.29) is 6.04 Å². The number of nitrogens with one attached hydrogen (secondary N) is 1. The topological polar surface area (TPSA) is 59.1 Å². The van der Waals surface area contributed by atoms with Gasteiger partial charge in [-0.05, 0) is 58.7 Å². The predicted molar refractivity (Wildman–Crippen MR) is 101 cm³/mol. The summed E-state index contributed by atoms with van der Waals surface area (Å²) in [4.78, 5) is 4.97. The Morgan fingerprint density at radius 2 is 1.75 bits per heavy atom. The van der Waals surface area contributed by atoms with Crippen LogP contribution in [0.25, 0.3) is 10.9 Å². The number of aromatic nitrogens is 1. The van der Waals surface area contributed by atoms with Gasteiger partial charge >= 0.3 is 0 Å². The van der Waals surface area contributed by atoms with Crippen LogP contribution < -0.4 is 5.32 Å². The average molecular weight is 405 g/mol. The first-order chi connectivity index (χ1) is 11.3. The van der Waals surface area contributed by atoms with Crippen molar-refractivity contribution < 1.29 is 8.42 Å². The summed E-state index contributed by atoms with van der Waals surface area (Å²) in [5.41, 5.74) is 1.90. The first-order valence-electron chi connectivity index (χ1n) is 7.46. The molecule has 0 radical (unpaired) electrons. The van der Waals surface area contributed by atoms with Crippen molar-refractivity contribution in [1.82, 2.24) is 4.98 Å². The molecule has 1 aromatic heterocycles. The summed E-state index contributed by atoms with van der Waals surface area (Å²) < 4.78 is 24.0. The molecular weight excluding hydrogens is 388 g/mol. The van der Waals surface area contributed by atoms with Gasteiger partial charge in [0.2, 0.25) is 0 Å². The van der Waals surface area contributed by atoms with Gasteiger partial charge in [-0.1, -0.05) is 24.3 Å². The maximum absolute atomic E-state index is 11.5. The van der Waals surface area contributed by atoms with Crippen LogP contribution in [0.5, 0.6) is 0 Å². The maximum Gasteiger partial charge on any atom is 0.175 e. The van der Waals surface area contributed by atoms with Crippen molar-refractivity contribution in [3.05, 3.63) is 64.6 Å². The molecular formula is C18H17BrN2O2S. The second-order valence-corrected chi connectivity index (χ2v) is 8.59. The van der Waals surface area contributed by atoms with Gasteiger partial charge in [0.05, 0.1) is 10.4 Å². The van der Waals surface area contributed by atoms with Gasteiger partial charge in [0.1, 0.15) is 5.82 Å². The smallest absolute Gasteiger partial charge is 0.175 e. The largest absolute Gasteiger partial charge is 0.364 e. The van der Waals surface area contributed by atoms with Crippen LogP contribution in [0.4, 0.5) is 5.82 Å². The molecule has 0 saturated heterocycles. The number of nitrogens with zero attached hydrogens (tertiary/aromatic N) is 1. The van der Waals surface area contributed by atoms with E-state index in [9.17, 15) is 8.42 Å². The Bertz CT molecular complexity index is 986. The van der Waals surface area contributed by atoms with Crippen LogP contribution in [0.2, 0.25) is 0 Å². The normalized spacial score (nSPS) is 13.0. The zero-order valence-electron chi connectivity index (χ0n) is 13.3. The number of hydrogen-bond donors (Lipinski definition) is 1. The summed E-state index contributed by atoms with van der Waals surface area (Å²) in [6.45, 7) is 2.02. The van der Waals surface area contributed by atoms with E-state index >= 15 is 0 Å². The van der Waals surface area contributed by atoms with Crippen molar-refractivity contribution in [3.8, 4) is 0 Å². The van der Waals surface area contributed by atoms with Crippen molar-refractivity contribution in [2.24, 2.45) is 0 Å². The van der Waals surface area contributed by atoms with Crippen LogP contribution >= 0.6 is 15.9 Å². The molecule has 124 valence electrons. The zero-order chi connectivity index (χ0) is 17.3. The van der Waals surface area contributed by atoms with E-state index in [0.29, 0.717) is 4.90 Å². The van der Waals surface area contributed by atoms with Crippen LogP contribution in [-0.4, -0.2) is 19.7 Å². The van der Waals surface area contributed by atoms with Crippen LogP contribution in [0.1, 0.15) is 18.5 Å². The number of pyridine rings is 1. The molecule has 3 aromatic rings. The van der Waals surface area contributed by atoms with Crippen LogP contribution in [0.3, 0.4) is 0 Å². The lowest BCUT2D eigenvalue weighted by molar-refractivity contribution is 0.602. The standard InChI is InChI=1S/C18H17BrN2O2S/c1-12(13-6-9-15(10-7-13)24(2,22)23)20-17-11-8-14-4-3-5-16(19)18(14)21-17/h3-12H,1-2H3,(H,20,21). The van der Waals surface area contributed by atoms with Crippen molar-refractivity contribution >= 4 is 42.5 Å². The fourth-order valence-corrected chi connectivity index (χ4v) is 3.60. The van der Waals surface area contributed by atoms with Gasteiger partial charge in [0, 0.05) is 22.2 Å². The molecule has 1 heterocycles. The summed E-state index contributed by atoms with van der Waals surface area (Å²) in [5, 5.41) is 4.42. The van der Waals surface area contributed by atoms with E-state index in [2.05, 4.69) is 26.2 Å². The highest BCUT2D eigenvalue weighted by Crippen LogP contribution is 2.25. The lowest BCUT2D eigenvalue weighted by Crippen LogP contribution is -2.08. The summed E-state index contributed by atoms with van der Waals surface area (Å²) in [6.07, 6.45) is 1.21. The summed E-state index contributed by atoms with van der Waals surface area (Å²) in [6, 6.07) is 16.8. The molecule has 0 aliphatic carbocycles. The highest BCUT2D eigenvalue weighted by atomic mass is 79.9. The van der Waals surface area contributed by atoms with E-state index in [1.165, 1.54) is 6.26 Å². The third-order valence-corrected chi connectivity index (χ3v) is 5.61. The predicted octanol–water partition coefficient (Wildman–Crippen LogP) is 4.57. The van der Waals surface area contributed by atoms with Gasteiger partial charge in [-0.25, -0.2) is 13.4 Å². The molecule has 6 heteroatoms. The molecule has 0 aliphatic rings. The van der Waals surface area contributed by atoms with E-state index in [0.717, 1.165) is 26.8 Å². The monoisotopic (exact) mass is 404 g/mol. The van der Waals surface area contributed by atoms with Crippen LogP contribution in [0, 0.1) is 0 Å². The SMILES string of the molecule is CC(Nc1ccc2cccc(Br)c2n1)c1ccc(S(C)(=O)=O)cc1. The van der Waals surface area contributed by atoms with Gasteiger partial charge in [0.25, 0.3) is 0 Å². The Kier molecular flexibility index (Phi) is 4.60. The van der Waals surface area contributed by atoms with Crippen molar-refractivity contribution in [3.63, 3.8) is 0 Å². The van der Waals surface area contributed by atoms with Gasteiger partial charge in [-0.2, -0.15) is 0 Å². The minimum Gasteiger partial charge on any atom is -0.364 e. The quantitative estimate of drug-likeness (QED) is 0.691. The zero-order valence-corrected chi connectivity index (χ0v) is 15.7. The average Bonchev–Trinajstić information content (AvgIpc) is 2.55. The Labute approximate surface area is 150 Å². The Morgan fingerprint density at radius 1 is 1.04 bits per heavy atom. The summed E-state index contributed by atoms with van der Waals surface area (Å²) in [5.74, 6) is 0.772. The molecule has 0 bridgehead atoms. The molecule has 4 nitrogen and oxygen atoms in total. The summed E-state index contributed by atoms with van der Waals surface area (Å²) in [7, 11) is -3.17. The number of anilines is 1. The van der Waals surface area contributed by atoms with Crippen molar-refractivity contribution in [1.29, 1.82) is 0 Å². The fourth-order valence-electron chi connectivity index (χ4n) is 2.50. The number of fused-ring (bicyclic) bond motifs is 1.